The van der Waals surface area contributed by atoms with Gasteiger partial charge in [-0.05, 0) is 30.3 Å². The van der Waals surface area contributed by atoms with Crippen LogP contribution >= 0.6 is 11.6 Å². The van der Waals surface area contributed by atoms with Gasteiger partial charge in [0, 0.05) is 25.9 Å². The van der Waals surface area contributed by atoms with Gasteiger partial charge in [0.25, 0.3) is 5.91 Å². The maximum absolute atomic E-state index is 13.0. The summed E-state index contributed by atoms with van der Waals surface area (Å²) in [4.78, 5) is 12.5. The number of nitrogens with one attached hydrogen (secondary N) is 1. The molecule has 2 heterocycles. The van der Waals surface area contributed by atoms with Crippen molar-refractivity contribution in [2.24, 2.45) is 0 Å². The molecule has 1 amide bonds. The summed E-state index contributed by atoms with van der Waals surface area (Å²) in [7, 11) is -2.25. The number of nitrogens with zero attached hydrogens (tertiary/aromatic N) is 1. The van der Waals surface area contributed by atoms with Crippen LogP contribution < -0.4 is 14.8 Å². The van der Waals surface area contributed by atoms with Crippen LogP contribution in [0.1, 0.15) is 23.2 Å². The van der Waals surface area contributed by atoms with Gasteiger partial charge in [-0.2, -0.15) is 4.31 Å². The molecule has 9 heteroatoms. The van der Waals surface area contributed by atoms with E-state index in [1.807, 2.05) is 0 Å². The number of para-hydroxylation sites is 1. The number of amides is 1. The normalized spacial score (nSPS) is 18.9. The van der Waals surface area contributed by atoms with Crippen molar-refractivity contribution in [2.75, 3.05) is 20.2 Å². The molecule has 0 atom stereocenters. The maximum Gasteiger partial charge on any atom is 0.258 e. The molecule has 148 valence electrons. The average molecular weight is 423 g/mol. The van der Waals surface area contributed by atoms with Crippen LogP contribution in [0.4, 0.5) is 0 Å². The van der Waals surface area contributed by atoms with Crippen LogP contribution in [-0.2, 0) is 10.0 Å². The summed E-state index contributed by atoms with van der Waals surface area (Å²) in [5.41, 5.74) is -0.411. The monoisotopic (exact) mass is 422 g/mol. The highest BCUT2D eigenvalue weighted by Crippen LogP contribution is 2.35. The first kappa shape index (κ1) is 19.0. The highest BCUT2D eigenvalue weighted by molar-refractivity contribution is 7.89. The molecule has 0 unspecified atom stereocenters. The van der Waals surface area contributed by atoms with E-state index in [4.69, 9.17) is 21.1 Å². The fourth-order valence-electron chi connectivity index (χ4n) is 3.52. The summed E-state index contributed by atoms with van der Waals surface area (Å²) in [6, 6.07) is 11.4. The number of fused-ring (bicyclic) bond motifs is 1. The van der Waals surface area contributed by atoms with E-state index in [1.54, 1.807) is 24.3 Å². The zero-order chi connectivity index (χ0) is 19.9. The first-order valence-corrected chi connectivity index (χ1v) is 10.6. The third-order valence-corrected chi connectivity index (χ3v) is 7.26. The number of halogens is 1. The molecular formula is C19H19ClN2O5S. The van der Waals surface area contributed by atoms with Gasteiger partial charge >= 0.3 is 0 Å². The molecule has 2 aliphatic heterocycles. The summed E-state index contributed by atoms with van der Waals surface area (Å²) >= 11 is 6.08. The molecule has 1 fully saturated rings. The van der Waals surface area contributed by atoms with Gasteiger partial charge in [0.05, 0.1) is 22.6 Å². The number of methoxy groups -OCH3 is 1. The number of ether oxygens (including phenoxy) is 2. The molecule has 2 aromatic rings. The molecule has 0 aromatic heterocycles. The number of sulfonamides is 1. The lowest BCUT2D eigenvalue weighted by Gasteiger charge is -2.44. The highest BCUT2D eigenvalue weighted by Gasteiger charge is 2.44. The van der Waals surface area contributed by atoms with E-state index in [-0.39, 0.29) is 28.9 Å². The van der Waals surface area contributed by atoms with E-state index in [0.29, 0.717) is 29.9 Å². The number of hydrogen-bond acceptors (Lipinski definition) is 5. The van der Waals surface area contributed by atoms with Crippen molar-refractivity contribution in [3.05, 3.63) is 53.1 Å². The predicted octanol–water partition coefficient (Wildman–Crippen LogP) is 2.65. The Balaban J connectivity index is 1.53. The first-order valence-electron chi connectivity index (χ1n) is 8.79. The van der Waals surface area contributed by atoms with Gasteiger partial charge in [-0.15, -0.1) is 0 Å². The lowest BCUT2D eigenvalue weighted by atomic mass is 9.98. The van der Waals surface area contributed by atoms with Crippen LogP contribution in [0.3, 0.4) is 0 Å². The molecular weight excluding hydrogens is 404 g/mol. The zero-order valence-electron chi connectivity index (χ0n) is 15.1. The van der Waals surface area contributed by atoms with Crippen molar-refractivity contribution in [2.45, 2.75) is 23.5 Å². The second-order valence-electron chi connectivity index (χ2n) is 6.75. The Bertz CT molecular complexity index is 1030. The molecule has 4 rings (SSSR count). The quantitative estimate of drug-likeness (QED) is 0.821. The van der Waals surface area contributed by atoms with Crippen LogP contribution in [0.15, 0.2) is 47.4 Å². The minimum Gasteiger partial charge on any atom is -0.495 e. The maximum atomic E-state index is 13.0. The van der Waals surface area contributed by atoms with E-state index in [0.717, 1.165) is 0 Å². The van der Waals surface area contributed by atoms with Crippen LogP contribution in [0.2, 0.25) is 5.02 Å². The molecule has 7 nitrogen and oxygen atoms in total. The van der Waals surface area contributed by atoms with Crippen LogP contribution in [0, 0.1) is 0 Å². The molecule has 0 bridgehead atoms. The fourth-order valence-corrected chi connectivity index (χ4v) is 5.32. The lowest BCUT2D eigenvalue weighted by molar-refractivity contribution is -0.0155. The zero-order valence-corrected chi connectivity index (χ0v) is 16.7. The van der Waals surface area contributed by atoms with E-state index in [9.17, 15) is 13.2 Å². The van der Waals surface area contributed by atoms with Gasteiger partial charge in [-0.3, -0.25) is 4.79 Å². The predicted molar refractivity (Wildman–Crippen MR) is 103 cm³/mol. The second kappa shape index (κ2) is 6.95. The Morgan fingerprint density at radius 2 is 1.89 bits per heavy atom. The summed E-state index contributed by atoms with van der Waals surface area (Å²) in [5.74, 6) is 0.722. The van der Waals surface area contributed by atoms with E-state index >= 15 is 0 Å². The topological polar surface area (TPSA) is 84.9 Å². The summed E-state index contributed by atoms with van der Waals surface area (Å²) in [6.07, 6.45) is 0.687. The standard InChI is InChI=1S/C19H19ClN2O5S/c1-26-17-7-6-13(12-15(17)20)28(24,25)22-10-8-19(9-11-22)21-18(23)14-4-2-3-5-16(14)27-19/h2-7,12H,8-11H2,1H3,(H,21,23). The number of hydrogen-bond donors (Lipinski definition) is 1. The number of piperidine rings is 1. The molecule has 28 heavy (non-hydrogen) atoms. The second-order valence-corrected chi connectivity index (χ2v) is 9.09. The van der Waals surface area contributed by atoms with Crippen LogP contribution in [-0.4, -0.2) is 44.6 Å². The van der Waals surface area contributed by atoms with Gasteiger partial charge in [-0.25, -0.2) is 8.42 Å². The lowest BCUT2D eigenvalue weighted by Crippen LogP contribution is -2.61. The van der Waals surface area contributed by atoms with Crippen molar-refractivity contribution in [1.82, 2.24) is 9.62 Å². The molecule has 1 N–H and O–H groups in total. The molecule has 0 saturated carbocycles. The summed E-state index contributed by atoms with van der Waals surface area (Å²) < 4.78 is 38.5. The summed E-state index contributed by atoms with van der Waals surface area (Å²) in [5, 5.41) is 3.14. The number of carbonyl (C=O) groups is 1. The third kappa shape index (κ3) is 3.21. The van der Waals surface area contributed by atoms with Crippen LogP contribution in [0.5, 0.6) is 11.5 Å². The van der Waals surface area contributed by atoms with Gasteiger partial charge in [-0.1, -0.05) is 23.7 Å². The van der Waals surface area contributed by atoms with E-state index in [2.05, 4.69) is 5.32 Å². The smallest absolute Gasteiger partial charge is 0.258 e. The molecule has 0 radical (unpaired) electrons. The van der Waals surface area contributed by atoms with Crippen molar-refractivity contribution >= 4 is 27.5 Å². The fraction of sp³-hybridized carbons (Fsp3) is 0.316. The first-order chi connectivity index (χ1) is 13.3. The van der Waals surface area contributed by atoms with Crippen LogP contribution in [0.25, 0.3) is 0 Å². The number of benzene rings is 2. The van der Waals surface area contributed by atoms with E-state index in [1.165, 1.54) is 29.6 Å². The Hall–Kier alpha value is -2.29. The Morgan fingerprint density at radius 1 is 1.18 bits per heavy atom. The van der Waals surface area contributed by atoms with Crippen molar-refractivity contribution in [3.63, 3.8) is 0 Å². The Kier molecular flexibility index (Phi) is 4.73. The Labute approximate surface area is 168 Å². The minimum atomic E-state index is -3.71. The largest absolute Gasteiger partial charge is 0.495 e. The van der Waals surface area contributed by atoms with Gasteiger partial charge in [0.1, 0.15) is 11.5 Å². The average Bonchev–Trinajstić information content (AvgIpc) is 2.68. The molecule has 0 aliphatic carbocycles. The molecule has 1 spiro atoms. The minimum absolute atomic E-state index is 0.105. The van der Waals surface area contributed by atoms with E-state index < -0.39 is 15.7 Å². The molecule has 2 aliphatic rings. The van der Waals surface area contributed by atoms with Gasteiger partial charge in [0.15, 0.2) is 5.72 Å². The summed E-state index contributed by atoms with van der Waals surface area (Å²) in [6.45, 7) is 0.433. The Morgan fingerprint density at radius 3 is 2.57 bits per heavy atom. The highest BCUT2D eigenvalue weighted by atomic mass is 35.5. The SMILES string of the molecule is COc1ccc(S(=O)(=O)N2CCC3(CC2)NC(=O)c2ccccc2O3)cc1Cl. The van der Waals surface area contributed by atoms with Gasteiger partial charge < -0.3 is 14.8 Å². The number of rotatable bonds is 3. The van der Waals surface area contributed by atoms with Crippen molar-refractivity contribution in [1.29, 1.82) is 0 Å². The molecule has 2 aromatic carbocycles. The third-order valence-electron chi connectivity index (χ3n) is 5.07. The van der Waals surface area contributed by atoms with Crippen molar-refractivity contribution < 1.29 is 22.7 Å². The van der Waals surface area contributed by atoms with Gasteiger partial charge in [0.2, 0.25) is 10.0 Å². The molecule has 1 saturated heterocycles. The number of carbonyl (C=O) groups excluding carboxylic acids is 1. The van der Waals surface area contributed by atoms with Crippen molar-refractivity contribution in [3.8, 4) is 11.5 Å².